The van der Waals surface area contributed by atoms with Gasteiger partial charge in [-0.25, -0.2) is 0 Å². The lowest BCUT2D eigenvalue weighted by Crippen LogP contribution is -2.43. The molecule has 3 heteroatoms. The zero-order valence-corrected chi connectivity index (χ0v) is 17.8. The van der Waals surface area contributed by atoms with E-state index in [9.17, 15) is 9.59 Å². The summed E-state index contributed by atoms with van der Waals surface area (Å²) in [6.45, 7) is 18.6. The second kappa shape index (κ2) is 6.09. The molecule has 0 radical (unpaired) electrons. The topological polar surface area (TPSA) is 43.4 Å². The summed E-state index contributed by atoms with van der Waals surface area (Å²) in [5.41, 5.74) is -0.705. The second-order valence-corrected chi connectivity index (χ2v) is 11.0. The number of Topliss-reactive ketones (excluding diaryl/α,β-unsaturated/α-hetero) is 1. The molecule has 2 bridgehead atoms. The average molecular weight is 351 g/mol. The van der Waals surface area contributed by atoms with Crippen LogP contribution in [-0.4, -0.2) is 17.9 Å². The summed E-state index contributed by atoms with van der Waals surface area (Å²) in [5.74, 6) is 0.676. The molecule has 2 saturated carbocycles. The van der Waals surface area contributed by atoms with E-state index >= 15 is 0 Å². The predicted octanol–water partition coefficient (Wildman–Crippen LogP) is 5.41. The molecular weight excluding hydrogens is 312 g/mol. The summed E-state index contributed by atoms with van der Waals surface area (Å²) in [6, 6.07) is 0. The van der Waals surface area contributed by atoms with E-state index in [2.05, 4.69) is 20.8 Å². The van der Waals surface area contributed by atoms with Gasteiger partial charge in [0.25, 0.3) is 0 Å². The average Bonchev–Trinajstić information content (AvgIpc) is 2.79. The molecule has 0 aliphatic heterocycles. The van der Waals surface area contributed by atoms with Gasteiger partial charge in [0, 0.05) is 17.3 Å². The zero-order valence-electron chi connectivity index (χ0n) is 17.8. The predicted molar refractivity (Wildman–Crippen MR) is 101 cm³/mol. The van der Waals surface area contributed by atoms with Crippen LogP contribution in [0.3, 0.4) is 0 Å². The normalized spacial score (nSPS) is 32.5. The van der Waals surface area contributed by atoms with Crippen LogP contribution in [0.1, 0.15) is 88.0 Å². The van der Waals surface area contributed by atoms with Crippen molar-refractivity contribution >= 4 is 11.8 Å². The maximum Gasteiger partial charge on any atom is 0.312 e. The Balaban J connectivity index is 2.06. The lowest BCUT2D eigenvalue weighted by molar-refractivity contribution is -0.170. The van der Waals surface area contributed by atoms with E-state index in [0.29, 0.717) is 12.3 Å². The summed E-state index contributed by atoms with van der Waals surface area (Å²) < 4.78 is 6.09. The van der Waals surface area contributed by atoms with Crippen molar-refractivity contribution in [3.8, 4) is 0 Å². The van der Waals surface area contributed by atoms with Crippen molar-refractivity contribution in [3.63, 3.8) is 0 Å². The Morgan fingerprint density at radius 1 is 1.12 bits per heavy atom. The highest BCUT2D eigenvalue weighted by Crippen LogP contribution is 2.66. The van der Waals surface area contributed by atoms with Crippen LogP contribution in [0.5, 0.6) is 0 Å². The van der Waals surface area contributed by atoms with Crippen LogP contribution in [0.2, 0.25) is 0 Å². The molecule has 2 fully saturated rings. The molecule has 0 saturated heterocycles. The molecule has 1 unspecified atom stereocenters. The van der Waals surface area contributed by atoms with E-state index in [0.717, 1.165) is 12.8 Å². The highest BCUT2D eigenvalue weighted by molar-refractivity contribution is 5.85. The maximum atomic E-state index is 13.0. The van der Waals surface area contributed by atoms with E-state index in [-0.39, 0.29) is 40.0 Å². The van der Waals surface area contributed by atoms with Crippen molar-refractivity contribution in [3.05, 3.63) is 0 Å². The number of hydrogen-bond acceptors (Lipinski definition) is 3. The molecule has 0 N–H and O–H groups in total. The molecule has 2 aliphatic rings. The molecule has 0 amide bonds. The van der Waals surface area contributed by atoms with Gasteiger partial charge in [0.05, 0.1) is 5.41 Å². The van der Waals surface area contributed by atoms with Crippen molar-refractivity contribution in [2.45, 2.75) is 94.1 Å². The molecule has 2 aliphatic carbocycles. The maximum absolute atomic E-state index is 13.0. The highest BCUT2D eigenvalue weighted by Gasteiger charge is 2.63. The molecule has 2 rings (SSSR count). The molecule has 25 heavy (non-hydrogen) atoms. The Morgan fingerprint density at radius 3 is 2.08 bits per heavy atom. The van der Waals surface area contributed by atoms with E-state index in [1.165, 1.54) is 6.42 Å². The van der Waals surface area contributed by atoms with Gasteiger partial charge < -0.3 is 4.74 Å². The van der Waals surface area contributed by atoms with Crippen molar-refractivity contribution in [2.24, 2.45) is 33.5 Å². The summed E-state index contributed by atoms with van der Waals surface area (Å²) >= 11 is 0. The summed E-state index contributed by atoms with van der Waals surface area (Å²) in [7, 11) is 0. The molecule has 0 aromatic heterocycles. The van der Waals surface area contributed by atoms with Gasteiger partial charge in [-0.05, 0) is 50.4 Å². The monoisotopic (exact) mass is 350 g/mol. The number of esters is 1. The first-order valence-corrected chi connectivity index (χ1v) is 9.88. The standard InChI is InChI=1S/C22H38O3/c1-14(12-16(23)19(2,3)4)20(5,6)18(24)25-17-13-15-10-11-22(17,9)21(15,7)8/h14-15,17H,10-13H2,1-9H3/t14?,15-,17+,22+/m0/s1. The number of fused-ring (bicyclic) bond motifs is 2. The first-order valence-electron chi connectivity index (χ1n) is 9.88. The molecule has 4 atom stereocenters. The zero-order chi connectivity index (χ0) is 19.4. The fourth-order valence-electron chi connectivity index (χ4n) is 4.63. The Kier molecular flexibility index (Phi) is 4.99. The van der Waals surface area contributed by atoms with Crippen LogP contribution in [0.15, 0.2) is 0 Å². The first kappa shape index (κ1) is 20.5. The van der Waals surface area contributed by atoms with Gasteiger partial charge in [-0.1, -0.05) is 48.5 Å². The minimum Gasteiger partial charge on any atom is -0.461 e. The number of ketones is 1. The number of hydrogen-bond donors (Lipinski definition) is 0. The van der Waals surface area contributed by atoms with Crippen LogP contribution >= 0.6 is 0 Å². The second-order valence-electron chi connectivity index (χ2n) is 11.0. The van der Waals surface area contributed by atoms with E-state index < -0.39 is 5.41 Å². The van der Waals surface area contributed by atoms with Gasteiger partial charge in [0.15, 0.2) is 0 Å². The largest absolute Gasteiger partial charge is 0.461 e. The van der Waals surface area contributed by atoms with Gasteiger partial charge in [0.2, 0.25) is 0 Å². The molecule has 0 aromatic rings. The van der Waals surface area contributed by atoms with Crippen LogP contribution in [0.25, 0.3) is 0 Å². The Labute approximate surface area is 154 Å². The number of rotatable bonds is 5. The lowest BCUT2D eigenvalue weighted by atomic mass is 9.69. The van der Waals surface area contributed by atoms with Gasteiger partial charge >= 0.3 is 5.97 Å². The first-order chi connectivity index (χ1) is 11.1. The summed E-state index contributed by atoms with van der Waals surface area (Å²) in [4.78, 5) is 25.4. The van der Waals surface area contributed by atoms with Crippen LogP contribution in [-0.2, 0) is 14.3 Å². The van der Waals surface area contributed by atoms with Gasteiger partial charge in [-0.3, -0.25) is 9.59 Å². The quantitative estimate of drug-likeness (QED) is 0.622. The molecule has 3 nitrogen and oxygen atoms in total. The van der Waals surface area contributed by atoms with E-state index in [1.807, 2.05) is 41.5 Å². The third kappa shape index (κ3) is 3.28. The minimum atomic E-state index is -0.650. The molecular formula is C22H38O3. The molecule has 0 aromatic carbocycles. The third-order valence-corrected chi connectivity index (χ3v) is 8.05. The molecule has 144 valence electrons. The summed E-state index contributed by atoms with van der Waals surface area (Å²) in [6.07, 6.45) is 3.81. The van der Waals surface area contributed by atoms with Crippen molar-refractivity contribution in [1.82, 2.24) is 0 Å². The van der Waals surface area contributed by atoms with Crippen molar-refractivity contribution in [1.29, 1.82) is 0 Å². The van der Waals surface area contributed by atoms with E-state index in [1.54, 1.807) is 0 Å². The Morgan fingerprint density at radius 2 is 1.68 bits per heavy atom. The number of carbonyl (C=O) groups is 2. The number of ether oxygens (including phenoxy) is 1. The van der Waals surface area contributed by atoms with E-state index in [4.69, 9.17) is 4.74 Å². The van der Waals surface area contributed by atoms with Crippen LogP contribution < -0.4 is 0 Å². The minimum absolute atomic E-state index is 0.0125. The van der Waals surface area contributed by atoms with Crippen molar-refractivity contribution in [2.75, 3.05) is 0 Å². The van der Waals surface area contributed by atoms with Gasteiger partial charge in [-0.15, -0.1) is 0 Å². The van der Waals surface area contributed by atoms with Crippen LogP contribution in [0, 0.1) is 33.5 Å². The van der Waals surface area contributed by atoms with Gasteiger partial charge in [-0.2, -0.15) is 0 Å². The molecule has 0 heterocycles. The summed E-state index contributed by atoms with van der Waals surface area (Å²) in [5, 5.41) is 0. The smallest absolute Gasteiger partial charge is 0.312 e. The third-order valence-electron chi connectivity index (χ3n) is 8.05. The van der Waals surface area contributed by atoms with Gasteiger partial charge in [0.1, 0.15) is 11.9 Å². The fraction of sp³-hybridized carbons (Fsp3) is 0.909. The lowest BCUT2D eigenvalue weighted by Gasteiger charge is -2.40. The fourth-order valence-corrected chi connectivity index (χ4v) is 4.63. The SMILES string of the molecule is CC(CC(=O)C(C)(C)C)C(C)(C)C(=O)O[C@@H]1C[C@@H]2CC[C@@]1(C)C2(C)C. The number of carbonyl (C=O) groups excluding carboxylic acids is 2. The Hall–Kier alpha value is -0.860. The molecule has 0 spiro atoms. The van der Waals surface area contributed by atoms with Crippen molar-refractivity contribution < 1.29 is 14.3 Å². The Bertz CT molecular complexity index is 552. The highest BCUT2D eigenvalue weighted by atomic mass is 16.5. The van der Waals surface area contributed by atoms with Crippen LogP contribution in [0.4, 0.5) is 0 Å².